The van der Waals surface area contributed by atoms with Crippen molar-refractivity contribution in [1.29, 1.82) is 0 Å². The van der Waals surface area contributed by atoms with Crippen molar-refractivity contribution >= 4 is 28.8 Å². The minimum absolute atomic E-state index is 0.0403. The number of hydrogen-bond donors (Lipinski definition) is 1. The van der Waals surface area contributed by atoms with Gasteiger partial charge in [-0.15, -0.1) is 0 Å². The first-order valence-corrected chi connectivity index (χ1v) is 9.36. The molecular weight excluding hydrogens is 364 g/mol. The molecule has 1 aliphatic rings. The highest BCUT2D eigenvalue weighted by atomic mass is 16.2. The summed E-state index contributed by atoms with van der Waals surface area (Å²) >= 11 is 0. The summed E-state index contributed by atoms with van der Waals surface area (Å²) in [7, 11) is 0. The summed E-state index contributed by atoms with van der Waals surface area (Å²) in [6.45, 7) is 0. The molecule has 1 aliphatic heterocycles. The van der Waals surface area contributed by atoms with Crippen LogP contribution in [0.1, 0.15) is 18.0 Å². The van der Waals surface area contributed by atoms with Crippen LogP contribution in [0.3, 0.4) is 0 Å². The standard InChI is InChI=1S/C22H18N6O/c29-22(25-21-11-13-23-20-12-14-24-28(20)21)18-15-19(16-7-3-1-4-8-16)27(26-18)17-9-5-2-6-10-17/h1-14,19H,15H2,(H,25,29). The van der Waals surface area contributed by atoms with Crippen LogP contribution < -0.4 is 10.3 Å². The summed E-state index contributed by atoms with van der Waals surface area (Å²) in [5.74, 6) is 0.314. The predicted octanol–water partition coefficient (Wildman–Crippen LogP) is 3.68. The van der Waals surface area contributed by atoms with Crippen LogP contribution in [0.2, 0.25) is 0 Å². The Kier molecular flexibility index (Phi) is 4.25. The number of aromatic nitrogens is 3. The third-order valence-corrected chi connectivity index (χ3v) is 4.91. The zero-order valence-electron chi connectivity index (χ0n) is 15.5. The van der Waals surface area contributed by atoms with Gasteiger partial charge in [0, 0.05) is 18.7 Å². The van der Waals surface area contributed by atoms with E-state index in [4.69, 9.17) is 0 Å². The highest BCUT2D eigenvalue weighted by molar-refractivity contribution is 6.43. The Hall–Kier alpha value is -4.00. The van der Waals surface area contributed by atoms with E-state index in [1.807, 2.05) is 53.5 Å². The molecule has 2 aromatic carbocycles. The monoisotopic (exact) mass is 382 g/mol. The predicted molar refractivity (Wildman–Crippen MR) is 112 cm³/mol. The first-order valence-electron chi connectivity index (χ1n) is 9.36. The van der Waals surface area contributed by atoms with E-state index in [1.165, 1.54) is 0 Å². The molecule has 1 amide bonds. The molecule has 29 heavy (non-hydrogen) atoms. The molecule has 0 radical (unpaired) electrons. The van der Waals surface area contributed by atoms with Crippen molar-refractivity contribution in [2.75, 3.05) is 10.3 Å². The Morgan fingerprint density at radius 1 is 0.931 bits per heavy atom. The van der Waals surface area contributed by atoms with Crippen LogP contribution in [0.25, 0.3) is 5.65 Å². The number of anilines is 2. The van der Waals surface area contributed by atoms with Gasteiger partial charge in [0.2, 0.25) is 0 Å². The molecule has 3 heterocycles. The molecule has 0 spiro atoms. The van der Waals surface area contributed by atoms with E-state index in [1.54, 1.807) is 29.0 Å². The van der Waals surface area contributed by atoms with E-state index in [9.17, 15) is 4.79 Å². The fraction of sp³-hybridized carbons (Fsp3) is 0.0909. The summed E-state index contributed by atoms with van der Waals surface area (Å²) < 4.78 is 1.59. The molecule has 7 nitrogen and oxygen atoms in total. The SMILES string of the molecule is O=C(Nc1ccnc2ccnn12)C1=NN(c2ccccc2)C(c2ccccc2)C1. The van der Waals surface area contributed by atoms with Crippen molar-refractivity contribution in [2.24, 2.45) is 5.10 Å². The van der Waals surface area contributed by atoms with Gasteiger partial charge in [-0.25, -0.2) is 4.98 Å². The summed E-state index contributed by atoms with van der Waals surface area (Å²) in [5, 5.41) is 13.7. The molecule has 0 fully saturated rings. The van der Waals surface area contributed by atoms with Gasteiger partial charge in [-0.05, 0) is 23.8 Å². The molecule has 0 aliphatic carbocycles. The van der Waals surface area contributed by atoms with Crippen LogP contribution in [0.15, 0.2) is 90.3 Å². The van der Waals surface area contributed by atoms with Crippen molar-refractivity contribution in [3.63, 3.8) is 0 Å². The van der Waals surface area contributed by atoms with Gasteiger partial charge in [0.05, 0.1) is 17.9 Å². The van der Waals surface area contributed by atoms with Gasteiger partial charge in [0.25, 0.3) is 5.91 Å². The molecule has 5 rings (SSSR count). The maximum absolute atomic E-state index is 13.0. The highest BCUT2D eigenvalue weighted by Gasteiger charge is 2.32. The first-order chi connectivity index (χ1) is 14.3. The zero-order chi connectivity index (χ0) is 19.6. The Balaban J connectivity index is 1.46. The van der Waals surface area contributed by atoms with Gasteiger partial charge in [0.15, 0.2) is 5.65 Å². The summed E-state index contributed by atoms with van der Waals surface area (Å²) in [6.07, 6.45) is 3.80. The van der Waals surface area contributed by atoms with Crippen molar-refractivity contribution < 1.29 is 4.79 Å². The second-order valence-corrected chi connectivity index (χ2v) is 6.74. The van der Waals surface area contributed by atoms with Gasteiger partial charge >= 0.3 is 0 Å². The lowest BCUT2D eigenvalue weighted by atomic mass is 10.0. The second kappa shape index (κ2) is 7.20. The average molecular weight is 382 g/mol. The lowest BCUT2D eigenvalue weighted by molar-refractivity contribution is -0.110. The van der Waals surface area contributed by atoms with Gasteiger partial charge in [0.1, 0.15) is 11.5 Å². The topological polar surface area (TPSA) is 74.9 Å². The maximum atomic E-state index is 13.0. The number of rotatable bonds is 4. The number of benzene rings is 2. The number of nitrogens with one attached hydrogen (secondary N) is 1. The molecular formula is C22H18N6O. The molecule has 0 saturated carbocycles. The van der Waals surface area contributed by atoms with Gasteiger partial charge in [-0.3, -0.25) is 9.80 Å². The Labute approximate surface area is 167 Å². The Bertz CT molecular complexity index is 1190. The van der Waals surface area contributed by atoms with Crippen LogP contribution in [-0.4, -0.2) is 26.2 Å². The van der Waals surface area contributed by atoms with Crippen LogP contribution in [0.4, 0.5) is 11.5 Å². The van der Waals surface area contributed by atoms with E-state index in [2.05, 4.69) is 32.6 Å². The normalized spacial score (nSPS) is 16.1. The van der Waals surface area contributed by atoms with E-state index in [-0.39, 0.29) is 11.9 Å². The van der Waals surface area contributed by atoms with Crippen molar-refractivity contribution in [2.45, 2.75) is 12.5 Å². The quantitative estimate of drug-likeness (QED) is 0.584. The van der Waals surface area contributed by atoms with Crippen LogP contribution in [0.5, 0.6) is 0 Å². The molecule has 1 atom stereocenters. The molecule has 142 valence electrons. The molecule has 0 saturated heterocycles. The Morgan fingerprint density at radius 3 is 2.48 bits per heavy atom. The number of fused-ring (bicyclic) bond motifs is 1. The van der Waals surface area contributed by atoms with E-state index < -0.39 is 0 Å². The van der Waals surface area contributed by atoms with Crippen LogP contribution in [0, 0.1) is 0 Å². The summed E-state index contributed by atoms with van der Waals surface area (Å²) in [6, 6.07) is 23.5. The summed E-state index contributed by atoms with van der Waals surface area (Å²) in [4.78, 5) is 17.2. The van der Waals surface area contributed by atoms with Crippen molar-refractivity contribution in [1.82, 2.24) is 14.6 Å². The van der Waals surface area contributed by atoms with Crippen LogP contribution >= 0.6 is 0 Å². The molecule has 0 bridgehead atoms. The van der Waals surface area contributed by atoms with E-state index in [0.29, 0.717) is 23.6 Å². The zero-order valence-corrected chi connectivity index (χ0v) is 15.5. The highest BCUT2D eigenvalue weighted by Crippen LogP contribution is 2.35. The lowest BCUT2D eigenvalue weighted by Crippen LogP contribution is -2.23. The third-order valence-electron chi connectivity index (χ3n) is 4.91. The number of carbonyl (C=O) groups is 1. The number of carbonyl (C=O) groups excluding carboxylic acids is 1. The fourth-order valence-electron chi connectivity index (χ4n) is 3.52. The van der Waals surface area contributed by atoms with Gasteiger partial charge in [-0.2, -0.15) is 14.7 Å². The number of nitrogens with zero attached hydrogens (tertiary/aromatic N) is 5. The minimum atomic E-state index is -0.243. The van der Waals surface area contributed by atoms with Gasteiger partial charge in [-0.1, -0.05) is 48.5 Å². The average Bonchev–Trinajstić information content (AvgIpc) is 3.43. The van der Waals surface area contributed by atoms with E-state index in [0.717, 1.165) is 11.3 Å². The number of para-hydroxylation sites is 1. The first kappa shape index (κ1) is 17.1. The molecule has 4 aromatic rings. The fourth-order valence-corrected chi connectivity index (χ4v) is 3.52. The molecule has 7 heteroatoms. The summed E-state index contributed by atoms with van der Waals surface area (Å²) in [5.41, 5.74) is 3.20. The number of amides is 1. The lowest BCUT2D eigenvalue weighted by Gasteiger charge is -2.23. The molecule has 1 unspecified atom stereocenters. The van der Waals surface area contributed by atoms with E-state index >= 15 is 0 Å². The minimum Gasteiger partial charge on any atom is -0.305 e. The van der Waals surface area contributed by atoms with Gasteiger partial charge < -0.3 is 5.32 Å². The van der Waals surface area contributed by atoms with Crippen molar-refractivity contribution in [3.8, 4) is 0 Å². The van der Waals surface area contributed by atoms with Crippen LogP contribution in [-0.2, 0) is 4.79 Å². The van der Waals surface area contributed by atoms with Crippen molar-refractivity contribution in [3.05, 3.63) is 90.8 Å². The molecule has 1 N–H and O–H groups in total. The smallest absolute Gasteiger partial charge is 0.273 e. The molecule has 2 aromatic heterocycles. The maximum Gasteiger partial charge on any atom is 0.273 e. The third kappa shape index (κ3) is 3.23. The Morgan fingerprint density at radius 2 is 1.69 bits per heavy atom. The largest absolute Gasteiger partial charge is 0.305 e. The second-order valence-electron chi connectivity index (χ2n) is 6.74. The number of hydrogen-bond acceptors (Lipinski definition) is 5. The number of hydrazone groups is 1.